The number of sulfonamides is 1. The fraction of sp³-hybridized carbons (Fsp3) is 0.636. The maximum Gasteiger partial charge on any atom is 0.261 e. The van der Waals surface area contributed by atoms with Crippen molar-refractivity contribution in [1.82, 2.24) is 19.6 Å². The highest BCUT2D eigenvalue weighted by Gasteiger charge is 2.28. The van der Waals surface area contributed by atoms with Crippen LogP contribution < -0.4 is 10.0 Å². The molecule has 0 radical (unpaired) electrons. The summed E-state index contributed by atoms with van der Waals surface area (Å²) in [7, 11) is -2.37. The Labute approximate surface area is 123 Å². The first-order valence-electron chi connectivity index (χ1n) is 5.95. The van der Waals surface area contributed by atoms with Gasteiger partial charge in [-0.25, -0.2) is 13.4 Å². The summed E-state index contributed by atoms with van der Waals surface area (Å²) < 4.78 is 27.8. The molecule has 0 saturated carbocycles. The Balaban J connectivity index is 2.87. The zero-order valence-electron chi connectivity index (χ0n) is 12.1. The Morgan fingerprint density at radius 2 is 2.00 bits per heavy atom. The number of carbonyl (C=O) groups excluding carboxylic acids is 1. The highest BCUT2D eigenvalue weighted by atomic mass is 35.5. The Kier molecular flexibility index (Phi) is 4.83. The molecule has 114 valence electrons. The first kappa shape index (κ1) is 16.9. The van der Waals surface area contributed by atoms with Gasteiger partial charge in [-0.2, -0.15) is 4.72 Å². The van der Waals surface area contributed by atoms with Gasteiger partial charge in [-0.3, -0.25) is 4.79 Å². The van der Waals surface area contributed by atoms with Crippen LogP contribution in [-0.2, 0) is 21.9 Å². The average molecular weight is 323 g/mol. The number of aryl methyl sites for hydroxylation is 1. The zero-order valence-corrected chi connectivity index (χ0v) is 13.6. The summed E-state index contributed by atoms with van der Waals surface area (Å²) in [6.07, 6.45) is 1.29. The van der Waals surface area contributed by atoms with E-state index in [0.717, 1.165) is 0 Å². The van der Waals surface area contributed by atoms with E-state index in [9.17, 15) is 13.2 Å². The molecule has 0 saturated heterocycles. The Bertz CT molecular complexity index is 604. The Morgan fingerprint density at radius 1 is 1.45 bits per heavy atom. The smallest absolute Gasteiger partial charge is 0.261 e. The summed E-state index contributed by atoms with van der Waals surface area (Å²) in [5.74, 6) is -0.423. The number of carbonyl (C=O) groups is 1. The number of nitrogens with one attached hydrogen (secondary N) is 2. The average Bonchev–Trinajstić information content (AvgIpc) is 2.57. The third kappa shape index (κ3) is 4.19. The van der Waals surface area contributed by atoms with Gasteiger partial charge in [-0.05, 0) is 27.7 Å². The van der Waals surface area contributed by atoms with Gasteiger partial charge in [-0.1, -0.05) is 11.6 Å². The summed E-state index contributed by atoms with van der Waals surface area (Å²) in [6.45, 7) is 6.88. The van der Waals surface area contributed by atoms with Crippen molar-refractivity contribution in [1.29, 1.82) is 0 Å². The normalized spacial score (nSPS) is 14.1. The maximum absolute atomic E-state index is 12.1. The molecule has 1 amide bonds. The van der Waals surface area contributed by atoms with E-state index in [1.807, 2.05) is 20.8 Å². The predicted octanol–water partition coefficient (Wildman–Crippen LogP) is 0.655. The van der Waals surface area contributed by atoms with Crippen LogP contribution in [0.15, 0.2) is 11.4 Å². The lowest BCUT2D eigenvalue weighted by Gasteiger charge is -2.23. The highest BCUT2D eigenvalue weighted by molar-refractivity contribution is 7.89. The molecule has 1 rings (SSSR count). The zero-order chi connectivity index (χ0) is 15.7. The fourth-order valence-corrected chi connectivity index (χ4v) is 3.03. The Hall–Kier alpha value is -1.12. The molecule has 0 aromatic carbocycles. The summed E-state index contributed by atoms with van der Waals surface area (Å²) in [4.78, 5) is 15.6. The lowest BCUT2D eigenvalue weighted by atomic mass is 10.1. The number of halogens is 1. The molecular formula is C11H19ClN4O3S. The molecule has 7 nitrogen and oxygen atoms in total. The van der Waals surface area contributed by atoms with E-state index in [2.05, 4.69) is 15.0 Å². The van der Waals surface area contributed by atoms with Crippen molar-refractivity contribution in [2.75, 3.05) is 0 Å². The first-order chi connectivity index (χ1) is 8.94. The van der Waals surface area contributed by atoms with E-state index < -0.39 is 27.5 Å². The molecule has 2 N–H and O–H groups in total. The first-order valence-corrected chi connectivity index (χ1v) is 7.81. The monoisotopic (exact) mass is 322 g/mol. The Morgan fingerprint density at radius 3 is 2.40 bits per heavy atom. The van der Waals surface area contributed by atoms with Crippen molar-refractivity contribution in [3.8, 4) is 0 Å². The minimum Gasteiger partial charge on any atom is -0.350 e. The van der Waals surface area contributed by atoms with Gasteiger partial charge in [0, 0.05) is 12.6 Å². The molecule has 0 aliphatic carbocycles. The SMILES string of the molecule is CC(NS(=O)(=O)c1ncn(C)c1Cl)C(=O)NC(C)(C)C. The standard InChI is InChI=1S/C11H19ClN4O3S/c1-7(9(17)14-11(2,3)4)15-20(18,19)10-8(12)16(5)6-13-10/h6-7,15H,1-5H3,(H,14,17). The lowest BCUT2D eigenvalue weighted by Crippen LogP contribution is -2.50. The van der Waals surface area contributed by atoms with Crippen LogP contribution in [0.2, 0.25) is 5.15 Å². The maximum atomic E-state index is 12.1. The van der Waals surface area contributed by atoms with Crippen molar-refractivity contribution in [3.05, 3.63) is 11.5 Å². The highest BCUT2D eigenvalue weighted by Crippen LogP contribution is 2.18. The van der Waals surface area contributed by atoms with Crippen LogP contribution in [0.3, 0.4) is 0 Å². The second kappa shape index (κ2) is 5.71. The molecule has 0 bridgehead atoms. The third-order valence-corrected chi connectivity index (χ3v) is 4.34. The molecule has 0 aliphatic heterocycles. The van der Waals surface area contributed by atoms with Gasteiger partial charge in [0.1, 0.15) is 5.15 Å². The van der Waals surface area contributed by atoms with Crippen LogP contribution in [0.25, 0.3) is 0 Å². The van der Waals surface area contributed by atoms with Gasteiger partial charge in [0.05, 0.1) is 12.4 Å². The summed E-state index contributed by atoms with van der Waals surface area (Å²) in [5.41, 5.74) is -0.445. The summed E-state index contributed by atoms with van der Waals surface area (Å²) >= 11 is 5.84. The third-order valence-electron chi connectivity index (χ3n) is 2.31. The molecule has 9 heteroatoms. The molecule has 1 unspecified atom stereocenters. The van der Waals surface area contributed by atoms with Crippen LogP contribution >= 0.6 is 11.6 Å². The molecular weight excluding hydrogens is 304 g/mol. The molecule has 1 heterocycles. The van der Waals surface area contributed by atoms with E-state index >= 15 is 0 Å². The van der Waals surface area contributed by atoms with Crippen LogP contribution in [0, 0.1) is 0 Å². The molecule has 1 atom stereocenters. The summed E-state index contributed by atoms with van der Waals surface area (Å²) in [5, 5.41) is 2.38. The molecule has 1 aromatic rings. The second-order valence-electron chi connectivity index (χ2n) is 5.53. The van der Waals surface area contributed by atoms with Crippen molar-refractivity contribution < 1.29 is 13.2 Å². The van der Waals surface area contributed by atoms with E-state index in [0.29, 0.717) is 0 Å². The minimum absolute atomic E-state index is 0.0130. The second-order valence-corrected chi connectivity index (χ2v) is 7.52. The number of rotatable bonds is 4. The fourth-order valence-electron chi connectivity index (χ4n) is 1.39. The quantitative estimate of drug-likeness (QED) is 0.851. The van der Waals surface area contributed by atoms with Crippen molar-refractivity contribution in [2.45, 2.75) is 44.3 Å². The van der Waals surface area contributed by atoms with E-state index in [4.69, 9.17) is 11.6 Å². The molecule has 0 spiro atoms. The van der Waals surface area contributed by atoms with Crippen LogP contribution in [-0.4, -0.2) is 35.5 Å². The predicted molar refractivity (Wildman–Crippen MR) is 75.9 cm³/mol. The van der Waals surface area contributed by atoms with Crippen molar-refractivity contribution in [3.63, 3.8) is 0 Å². The number of hydrogen-bond acceptors (Lipinski definition) is 4. The molecule has 0 aliphatic rings. The van der Waals surface area contributed by atoms with Gasteiger partial charge in [-0.15, -0.1) is 0 Å². The molecule has 20 heavy (non-hydrogen) atoms. The van der Waals surface area contributed by atoms with Crippen LogP contribution in [0.5, 0.6) is 0 Å². The van der Waals surface area contributed by atoms with Crippen LogP contribution in [0.1, 0.15) is 27.7 Å². The van der Waals surface area contributed by atoms with Crippen molar-refractivity contribution in [2.24, 2.45) is 7.05 Å². The number of nitrogens with zero attached hydrogens (tertiary/aromatic N) is 2. The number of imidazole rings is 1. The van der Waals surface area contributed by atoms with E-state index in [1.54, 1.807) is 7.05 Å². The minimum atomic E-state index is -3.94. The van der Waals surface area contributed by atoms with Gasteiger partial charge < -0.3 is 9.88 Å². The number of aromatic nitrogens is 2. The van der Waals surface area contributed by atoms with E-state index in [1.165, 1.54) is 17.8 Å². The van der Waals surface area contributed by atoms with Crippen molar-refractivity contribution >= 4 is 27.5 Å². The lowest BCUT2D eigenvalue weighted by molar-refractivity contribution is -0.123. The number of hydrogen-bond donors (Lipinski definition) is 2. The largest absolute Gasteiger partial charge is 0.350 e. The van der Waals surface area contributed by atoms with Gasteiger partial charge in [0.15, 0.2) is 0 Å². The van der Waals surface area contributed by atoms with Gasteiger partial charge in [0.25, 0.3) is 10.0 Å². The summed E-state index contributed by atoms with van der Waals surface area (Å²) in [6, 6.07) is -0.933. The molecule has 0 fully saturated rings. The van der Waals surface area contributed by atoms with Gasteiger partial charge in [0.2, 0.25) is 10.9 Å². The number of amides is 1. The van der Waals surface area contributed by atoms with E-state index in [-0.39, 0.29) is 10.2 Å². The topological polar surface area (TPSA) is 93.1 Å². The van der Waals surface area contributed by atoms with Gasteiger partial charge >= 0.3 is 0 Å². The van der Waals surface area contributed by atoms with Crippen LogP contribution in [0.4, 0.5) is 0 Å². The molecule has 1 aromatic heterocycles.